The molecule has 1 heterocycles. The van der Waals surface area contributed by atoms with Gasteiger partial charge in [0.2, 0.25) is 0 Å². The molecule has 2 N–H and O–H groups in total. The highest BCUT2D eigenvalue weighted by molar-refractivity contribution is 8.03. The third kappa shape index (κ3) is 3.84. The van der Waals surface area contributed by atoms with Crippen LogP contribution in [0.5, 0.6) is 0 Å². The van der Waals surface area contributed by atoms with Crippen molar-refractivity contribution in [2.24, 2.45) is 5.73 Å². The summed E-state index contributed by atoms with van der Waals surface area (Å²) in [5, 5.41) is 0. The molecule has 0 fully saturated rings. The van der Waals surface area contributed by atoms with Gasteiger partial charge < -0.3 is 10.5 Å². The molecule has 0 saturated heterocycles. The summed E-state index contributed by atoms with van der Waals surface area (Å²) < 4.78 is 5.58. The molecule has 1 aliphatic rings. The highest BCUT2D eigenvalue weighted by Gasteiger charge is 2.33. The van der Waals surface area contributed by atoms with Gasteiger partial charge in [0.1, 0.15) is 5.60 Å². The highest BCUT2D eigenvalue weighted by atomic mass is 32.2. The van der Waals surface area contributed by atoms with Crippen molar-refractivity contribution in [1.82, 2.24) is 0 Å². The van der Waals surface area contributed by atoms with Gasteiger partial charge >= 0.3 is 6.09 Å². The highest BCUT2D eigenvalue weighted by Crippen LogP contribution is 2.37. The minimum atomic E-state index is -0.516. The number of ether oxygens (including phenoxy) is 1. The van der Waals surface area contributed by atoms with E-state index in [2.05, 4.69) is 6.08 Å². The Morgan fingerprint density at radius 3 is 2.68 bits per heavy atom. The van der Waals surface area contributed by atoms with E-state index in [1.807, 2.05) is 52.0 Å². The monoisotopic (exact) mass is 320 g/mol. The Morgan fingerprint density at radius 1 is 1.36 bits per heavy atom. The predicted octanol–water partition coefficient (Wildman–Crippen LogP) is 3.86. The summed E-state index contributed by atoms with van der Waals surface area (Å²) in [6.07, 6.45) is 1.83. The van der Waals surface area contributed by atoms with Crippen molar-refractivity contribution >= 4 is 29.6 Å². The SMILES string of the molecule is CC1C(SCCN)=Cc2ccccc2N1C(=O)OC(C)(C)C. The second kappa shape index (κ2) is 6.75. The molecule has 0 radical (unpaired) electrons. The van der Waals surface area contributed by atoms with Gasteiger partial charge in [-0.25, -0.2) is 4.79 Å². The van der Waals surface area contributed by atoms with Crippen LogP contribution in [-0.4, -0.2) is 30.0 Å². The van der Waals surface area contributed by atoms with E-state index in [0.717, 1.165) is 21.9 Å². The van der Waals surface area contributed by atoms with E-state index < -0.39 is 5.60 Å². The Labute approximate surface area is 136 Å². The first kappa shape index (κ1) is 16.9. The van der Waals surface area contributed by atoms with Crippen LogP contribution in [0.4, 0.5) is 10.5 Å². The van der Waals surface area contributed by atoms with E-state index in [4.69, 9.17) is 10.5 Å². The zero-order valence-corrected chi connectivity index (χ0v) is 14.4. The first-order valence-electron chi connectivity index (χ1n) is 7.49. The van der Waals surface area contributed by atoms with Crippen LogP contribution in [-0.2, 0) is 4.74 Å². The van der Waals surface area contributed by atoms with Crippen LogP contribution in [0, 0.1) is 0 Å². The number of amides is 1. The molecule has 1 aromatic rings. The second-order valence-corrected chi connectivity index (χ2v) is 7.44. The van der Waals surface area contributed by atoms with Gasteiger partial charge in [0.25, 0.3) is 0 Å². The maximum absolute atomic E-state index is 12.6. The molecule has 1 atom stereocenters. The number of carbonyl (C=O) groups excluding carboxylic acids is 1. The fourth-order valence-electron chi connectivity index (χ4n) is 2.35. The molecule has 1 unspecified atom stereocenters. The Morgan fingerprint density at radius 2 is 2.05 bits per heavy atom. The number of carbonyl (C=O) groups is 1. The van der Waals surface area contributed by atoms with Crippen molar-refractivity contribution < 1.29 is 9.53 Å². The Balaban J connectivity index is 2.36. The largest absolute Gasteiger partial charge is 0.443 e. The number of hydrogen-bond acceptors (Lipinski definition) is 4. The topological polar surface area (TPSA) is 55.6 Å². The molecule has 22 heavy (non-hydrogen) atoms. The van der Waals surface area contributed by atoms with Gasteiger partial charge in [-0.15, -0.1) is 11.8 Å². The molecule has 5 heteroatoms. The summed E-state index contributed by atoms with van der Waals surface area (Å²) in [6.45, 7) is 8.28. The normalized spacial score (nSPS) is 17.8. The number of fused-ring (bicyclic) bond motifs is 1. The lowest BCUT2D eigenvalue weighted by Crippen LogP contribution is -2.44. The van der Waals surface area contributed by atoms with E-state index in [9.17, 15) is 4.79 Å². The van der Waals surface area contributed by atoms with E-state index in [1.165, 1.54) is 0 Å². The van der Waals surface area contributed by atoms with Crippen molar-refractivity contribution in [1.29, 1.82) is 0 Å². The zero-order valence-electron chi connectivity index (χ0n) is 13.6. The molecular formula is C17H24N2O2S. The molecule has 2 rings (SSSR count). The van der Waals surface area contributed by atoms with Gasteiger partial charge in [-0.1, -0.05) is 18.2 Å². The molecule has 1 amide bonds. The fourth-order valence-corrected chi connectivity index (χ4v) is 3.26. The Kier molecular flexibility index (Phi) is 5.19. The molecule has 0 aromatic heterocycles. The van der Waals surface area contributed by atoms with Gasteiger partial charge in [-0.3, -0.25) is 4.90 Å². The molecule has 4 nitrogen and oxygen atoms in total. The minimum absolute atomic E-state index is 0.0544. The number of benzene rings is 1. The molecule has 1 aromatic carbocycles. The maximum Gasteiger partial charge on any atom is 0.415 e. The van der Waals surface area contributed by atoms with Crippen molar-refractivity contribution in [3.8, 4) is 0 Å². The quantitative estimate of drug-likeness (QED) is 0.918. The van der Waals surface area contributed by atoms with Gasteiger partial charge in [0, 0.05) is 17.2 Å². The van der Waals surface area contributed by atoms with Crippen LogP contribution in [0.1, 0.15) is 33.3 Å². The minimum Gasteiger partial charge on any atom is -0.443 e. The lowest BCUT2D eigenvalue weighted by molar-refractivity contribution is 0.0573. The van der Waals surface area contributed by atoms with E-state index in [1.54, 1.807) is 16.7 Å². The van der Waals surface area contributed by atoms with Crippen molar-refractivity contribution in [3.63, 3.8) is 0 Å². The average Bonchev–Trinajstić information content (AvgIpc) is 2.43. The van der Waals surface area contributed by atoms with E-state index >= 15 is 0 Å². The summed E-state index contributed by atoms with van der Waals surface area (Å²) in [4.78, 5) is 15.5. The molecule has 0 aliphatic carbocycles. The molecule has 0 bridgehead atoms. The number of rotatable bonds is 3. The molecule has 0 saturated carbocycles. The van der Waals surface area contributed by atoms with Gasteiger partial charge in [-0.2, -0.15) is 0 Å². The second-order valence-electron chi connectivity index (χ2n) is 6.27. The zero-order chi connectivity index (χ0) is 16.3. The number of thioether (sulfide) groups is 1. The summed E-state index contributed by atoms with van der Waals surface area (Å²) in [5.41, 5.74) is 7.02. The van der Waals surface area contributed by atoms with Crippen LogP contribution >= 0.6 is 11.8 Å². The van der Waals surface area contributed by atoms with Crippen LogP contribution < -0.4 is 10.6 Å². The van der Waals surface area contributed by atoms with Crippen LogP contribution in [0.3, 0.4) is 0 Å². The van der Waals surface area contributed by atoms with Crippen molar-refractivity contribution in [2.45, 2.75) is 39.3 Å². The lowest BCUT2D eigenvalue weighted by atomic mass is 10.0. The van der Waals surface area contributed by atoms with E-state index in [-0.39, 0.29) is 12.1 Å². The standard InChI is InChI=1S/C17H24N2O2S/c1-12-15(22-10-9-18)11-13-7-5-6-8-14(13)19(12)16(20)21-17(2,3)4/h5-8,11-12H,9-10,18H2,1-4H3. The molecule has 1 aliphatic heterocycles. The molecule has 120 valence electrons. The summed E-state index contributed by atoms with van der Waals surface area (Å²) in [5.74, 6) is 0.834. The summed E-state index contributed by atoms with van der Waals surface area (Å²) in [6, 6.07) is 7.83. The van der Waals surface area contributed by atoms with Crippen LogP contribution in [0.15, 0.2) is 29.2 Å². The third-order valence-electron chi connectivity index (χ3n) is 3.27. The number of para-hydroxylation sites is 1. The first-order valence-corrected chi connectivity index (χ1v) is 8.48. The predicted molar refractivity (Wildman–Crippen MR) is 94.1 cm³/mol. The van der Waals surface area contributed by atoms with Gasteiger partial charge in [0.05, 0.1) is 11.7 Å². The van der Waals surface area contributed by atoms with Gasteiger partial charge in [-0.05, 0) is 45.4 Å². The Hall–Kier alpha value is -1.46. The average molecular weight is 320 g/mol. The van der Waals surface area contributed by atoms with Crippen molar-refractivity contribution in [2.75, 3.05) is 17.2 Å². The number of hydrogen-bond donors (Lipinski definition) is 1. The summed E-state index contributed by atoms with van der Waals surface area (Å²) in [7, 11) is 0. The van der Waals surface area contributed by atoms with Gasteiger partial charge in [0.15, 0.2) is 0 Å². The Bertz CT molecular complexity index is 578. The smallest absolute Gasteiger partial charge is 0.415 e. The van der Waals surface area contributed by atoms with Crippen LogP contribution in [0.2, 0.25) is 0 Å². The third-order valence-corrected chi connectivity index (χ3v) is 4.50. The van der Waals surface area contributed by atoms with Crippen LogP contribution in [0.25, 0.3) is 6.08 Å². The number of anilines is 1. The fraction of sp³-hybridized carbons (Fsp3) is 0.471. The number of nitrogens with zero attached hydrogens (tertiary/aromatic N) is 1. The molecule has 0 spiro atoms. The van der Waals surface area contributed by atoms with E-state index in [0.29, 0.717) is 6.54 Å². The summed E-state index contributed by atoms with van der Waals surface area (Å²) >= 11 is 1.69. The molecular weight excluding hydrogens is 296 g/mol. The first-order chi connectivity index (χ1) is 10.3. The number of nitrogens with two attached hydrogens (primary N) is 1. The maximum atomic E-state index is 12.6. The lowest BCUT2D eigenvalue weighted by Gasteiger charge is -2.36. The van der Waals surface area contributed by atoms with Crippen molar-refractivity contribution in [3.05, 3.63) is 34.7 Å².